The Balaban J connectivity index is 0.886. The molecule has 0 aromatic heterocycles. The lowest BCUT2D eigenvalue weighted by molar-refractivity contribution is -1.01. The third kappa shape index (κ3) is 12.1. The van der Waals surface area contributed by atoms with Crippen LogP contribution in [0.25, 0.3) is 0 Å². The zero-order valence-electron chi connectivity index (χ0n) is 27.1. The van der Waals surface area contributed by atoms with Gasteiger partial charge in [-0.2, -0.15) is 0 Å². The second-order valence-corrected chi connectivity index (χ2v) is 12.6. The summed E-state index contributed by atoms with van der Waals surface area (Å²) < 4.78 is 23.4. The van der Waals surface area contributed by atoms with Crippen molar-refractivity contribution in [3.05, 3.63) is 84.9 Å². The normalized spacial score (nSPS) is 22.8. The molecule has 6 N–H and O–H groups in total. The van der Waals surface area contributed by atoms with Gasteiger partial charge in [-0.1, -0.05) is 36.4 Å². The van der Waals surface area contributed by atoms with E-state index in [1.165, 1.54) is 9.80 Å². The summed E-state index contributed by atoms with van der Waals surface area (Å²) in [4.78, 5) is 5.96. The number of ether oxygens (including phenoxy) is 4. The molecule has 10 heteroatoms. The van der Waals surface area contributed by atoms with Gasteiger partial charge >= 0.3 is 0 Å². The molecule has 0 bridgehead atoms. The van der Waals surface area contributed by atoms with Gasteiger partial charge in [0.15, 0.2) is 0 Å². The van der Waals surface area contributed by atoms with E-state index in [4.69, 9.17) is 18.9 Å². The predicted octanol–water partition coefficient (Wildman–Crippen LogP) is -3.11. The maximum Gasteiger partial charge on any atom is 0.137 e. The topological polar surface area (TPSA) is 95.1 Å². The highest BCUT2D eigenvalue weighted by molar-refractivity contribution is 5.31. The van der Waals surface area contributed by atoms with E-state index in [9.17, 15) is 10.2 Å². The first-order valence-electron chi connectivity index (χ1n) is 17.0. The first kappa shape index (κ1) is 34.0. The van der Waals surface area contributed by atoms with Crippen molar-refractivity contribution >= 4 is 0 Å². The molecule has 2 atom stereocenters. The Hall–Kier alpha value is -3.38. The average molecular weight is 639 g/mol. The molecule has 46 heavy (non-hydrogen) atoms. The molecule has 5 rings (SSSR count). The fourth-order valence-electron chi connectivity index (χ4n) is 6.28. The molecule has 10 nitrogen and oxygen atoms in total. The van der Waals surface area contributed by atoms with Gasteiger partial charge in [0.25, 0.3) is 0 Å². The van der Waals surface area contributed by atoms with Crippen molar-refractivity contribution in [2.45, 2.75) is 12.2 Å². The number of piperazine rings is 2. The van der Waals surface area contributed by atoms with Crippen LogP contribution in [0, 0.1) is 0 Å². The second-order valence-electron chi connectivity index (χ2n) is 12.6. The lowest BCUT2D eigenvalue weighted by Gasteiger charge is -2.30. The third-order valence-corrected chi connectivity index (χ3v) is 9.02. The molecule has 2 saturated heterocycles. The van der Waals surface area contributed by atoms with Gasteiger partial charge in [0, 0.05) is 0 Å². The molecule has 2 aliphatic heterocycles. The van der Waals surface area contributed by atoms with Crippen molar-refractivity contribution in [2.75, 3.05) is 105 Å². The Kier molecular flexibility index (Phi) is 13.8. The summed E-state index contributed by atoms with van der Waals surface area (Å²) in [6.07, 6.45) is -1.03. The van der Waals surface area contributed by atoms with Gasteiger partial charge in [0.2, 0.25) is 0 Å². The summed E-state index contributed by atoms with van der Waals surface area (Å²) in [5.41, 5.74) is 0. The smallest absolute Gasteiger partial charge is 0.137 e. The average Bonchev–Trinajstić information content (AvgIpc) is 3.09. The lowest BCUT2D eigenvalue weighted by Crippen LogP contribution is -3.28. The van der Waals surface area contributed by atoms with Crippen LogP contribution in [0.3, 0.4) is 0 Å². The van der Waals surface area contributed by atoms with Crippen LogP contribution in [0.1, 0.15) is 0 Å². The lowest BCUT2D eigenvalue weighted by atomic mass is 10.2. The molecule has 250 valence electrons. The monoisotopic (exact) mass is 638 g/mol. The third-order valence-electron chi connectivity index (χ3n) is 9.02. The van der Waals surface area contributed by atoms with Gasteiger partial charge in [0.1, 0.15) is 140 Å². The minimum atomic E-state index is -0.516. The molecule has 2 aliphatic rings. The van der Waals surface area contributed by atoms with Crippen molar-refractivity contribution < 1.29 is 48.8 Å². The Morgan fingerprint density at radius 1 is 0.435 bits per heavy atom. The van der Waals surface area contributed by atoms with Crippen LogP contribution < -0.4 is 38.5 Å². The van der Waals surface area contributed by atoms with Crippen molar-refractivity contribution in [1.29, 1.82) is 0 Å². The molecular weight excluding hydrogens is 584 g/mol. The van der Waals surface area contributed by atoms with E-state index in [2.05, 4.69) is 0 Å². The molecule has 3 aromatic rings. The summed E-state index contributed by atoms with van der Waals surface area (Å²) in [7, 11) is 0. The standard InChI is InChI=1S/C36H50N4O6/c41-31(27-39-19-15-37(16-20-39)23-25-43-33-7-3-1-4-8-33)29-45-35-11-13-36(14-12-35)46-30-32(42)28-40-21-17-38(18-22-40)24-26-44-34-9-5-2-6-10-34/h1-14,31-32,41-42H,15-30H2/p+4/t31-,32+. The van der Waals surface area contributed by atoms with E-state index in [-0.39, 0.29) is 13.2 Å². The van der Waals surface area contributed by atoms with Gasteiger partial charge in [0.05, 0.1) is 0 Å². The molecular formula is C36H54N4O6+4. The minimum absolute atomic E-state index is 0.266. The number of hydrogen-bond acceptors (Lipinski definition) is 6. The molecule has 0 unspecified atom stereocenters. The van der Waals surface area contributed by atoms with E-state index < -0.39 is 12.2 Å². The van der Waals surface area contributed by atoms with E-state index >= 15 is 0 Å². The second kappa shape index (κ2) is 18.7. The van der Waals surface area contributed by atoms with E-state index in [0.29, 0.717) is 24.6 Å². The van der Waals surface area contributed by atoms with E-state index in [1.54, 1.807) is 9.80 Å². The number of aliphatic hydroxyl groups is 2. The van der Waals surface area contributed by atoms with Crippen molar-refractivity contribution in [3.63, 3.8) is 0 Å². The maximum absolute atomic E-state index is 10.6. The van der Waals surface area contributed by atoms with Gasteiger partial charge in [-0.25, -0.2) is 0 Å². The summed E-state index contributed by atoms with van der Waals surface area (Å²) in [5.74, 6) is 3.26. The largest absolute Gasteiger partial charge is 0.491 e. The molecule has 0 spiro atoms. The van der Waals surface area contributed by atoms with Crippen LogP contribution in [0.4, 0.5) is 0 Å². The Morgan fingerprint density at radius 2 is 0.761 bits per heavy atom. The summed E-state index contributed by atoms with van der Waals surface area (Å²) >= 11 is 0. The number of aliphatic hydroxyl groups excluding tert-OH is 2. The van der Waals surface area contributed by atoms with Gasteiger partial charge in [-0.15, -0.1) is 0 Å². The van der Waals surface area contributed by atoms with E-state index in [0.717, 1.165) is 90.2 Å². The Morgan fingerprint density at radius 3 is 1.13 bits per heavy atom. The first-order valence-corrected chi connectivity index (χ1v) is 17.0. The van der Waals surface area contributed by atoms with Gasteiger partial charge in [-0.3, -0.25) is 0 Å². The summed E-state index contributed by atoms with van der Waals surface area (Å²) in [5, 5.41) is 21.2. The molecule has 3 aromatic carbocycles. The zero-order chi connectivity index (χ0) is 31.8. The predicted molar refractivity (Wildman–Crippen MR) is 176 cm³/mol. The Bertz CT molecular complexity index is 1130. The Labute approximate surface area is 273 Å². The molecule has 0 saturated carbocycles. The van der Waals surface area contributed by atoms with Gasteiger partial charge in [-0.05, 0) is 48.5 Å². The van der Waals surface area contributed by atoms with Crippen LogP contribution >= 0.6 is 0 Å². The first-order chi connectivity index (χ1) is 22.6. The number of quaternary nitrogens is 4. The number of benzene rings is 3. The molecule has 0 amide bonds. The number of rotatable bonds is 18. The number of nitrogens with one attached hydrogen (secondary N) is 4. The van der Waals surface area contributed by atoms with Crippen LogP contribution in [0.2, 0.25) is 0 Å². The van der Waals surface area contributed by atoms with Crippen LogP contribution in [-0.4, -0.2) is 127 Å². The highest BCUT2D eigenvalue weighted by Gasteiger charge is 2.26. The summed E-state index contributed by atoms with van der Waals surface area (Å²) in [6.45, 7) is 13.9. The van der Waals surface area contributed by atoms with Crippen molar-refractivity contribution in [1.82, 2.24) is 0 Å². The van der Waals surface area contributed by atoms with Crippen LogP contribution in [0.5, 0.6) is 23.0 Å². The zero-order valence-corrected chi connectivity index (χ0v) is 27.1. The fourth-order valence-corrected chi connectivity index (χ4v) is 6.28. The highest BCUT2D eigenvalue weighted by Crippen LogP contribution is 2.18. The van der Waals surface area contributed by atoms with Crippen molar-refractivity contribution in [2.24, 2.45) is 0 Å². The van der Waals surface area contributed by atoms with Crippen molar-refractivity contribution in [3.8, 4) is 23.0 Å². The van der Waals surface area contributed by atoms with Crippen LogP contribution in [0.15, 0.2) is 84.9 Å². The number of para-hydroxylation sites is 2. The summed E-state index contributed by atoms with van der Waals surface area (Å²) in [6, 6.07) is 27.4. The van der Waals surface area contributed by atoms with Crippen LogP contribution in [-0.2, 0) is 0 Å². The SMILES string of the molecule is O[C@H](COc1ccc(OC[C@H](O)C[NH+]2CC[NH+](CCOc3ccccc3)CC2)cc1)C[NH+]1CC[NH+](CCOc2ccccc2)CC1. The quantitative estimate of drug-likeness (QED) is 0.0885. The fraction of sp³-hybridized carbons (Fsp3) is 0.500. The molecule has 2 heterocycles. The number of hydrogen-bond donors (Lipinski definition) is 6. The molecule has 2 fully saturated rings. The maximum atomic E-state index is 10.6. The minimum Gasteiger partial charge on any atom is -0.491 e. The molecule has 0 aliphatic carbocycles. The van der Waals surface area contributed by atoms with E-state index in [1.807, 2.05) is 84.9 Å². The molecule has 0 radical (unpaired) electrons. The van der Waals surface area contributed by atoms with Gasteiger partial charge < -0.3 is 48.8 Å². The highest BCUT2D eigenvalue weighted by atomic mass is 16.5.